The molecule has 21 heavy (non-hydrogen) atoms. The summed E-state index contributed by atoms with van der Waals surface area (Å²) in [5.74, 6) is -0.317. The van der Waals surface area contributed by atoms with E-state index in [0.29, 0.717) is 23.1 Å². The summed E-state index contributed by atoms with van der Waals surface area (Å²) >= 11 is 3.32. The third kappa shape index (κ3) is 3.43. The number of amides is 1. The van der Waals surface area contributed by atoms with E-state index in [9.17, 15) is 9.18 Å². The molecule has 112 valence electrons. The van der Waals surface area contributed by atoms with Gasteiger partial charge in [-0.3, -0.25) is 4.79 Å². The van der Waals surface area contributed by atoms with Gasteiger partial charge in [-0.25, -0.2) is 4.39 Å². The van der Waals surface area contributed by atoms with Crippen LogP contribution in [0.25, 0.3) is 5.70 Å². The largest absolute Gasteiger partial charge is 0.307 e. The average molecular weight is 352 g/mol. The summed E-state index contributed by atoms with van der Waals surface area (Å²) in [6.07, 6.45) is 5.55. The summed E-state index contributed by atoms with van der Waals surface area (Å²) in [6, 6.07) is 5.11. The summed E-state index contributed by atoms with van der Waals surface area (Å²) in [5.41, 5.74) is 1.45. The standard InChI is InChI=1S/C17H19BrFNO/c1-17(2,3)16(21)20-9-5-4-6-15(20)13-8-7-12(11-18)10-14(13)19/h4-8,10H,9,11H2,1-3H3. The summed E-state index contributed by atoms with van der Waals surface area (Å²) in [6.45, 7) is 6.09. The van der Waals surface area contributed by atoms with Crippen LogP contribution in [0, 0.1) is 11.2 Å². The zero-order valence-electron chi connectivity index (χ0n) is 12.5. The molecule has 0 saturated heterocycles. The number of nitrogens with zero attached hydrogens (tertiary/aromatic N) is 1. The predicted octanol–water partition coefficient (Wildman–Crippen LogP) is 4.51. The highest BCUT2D eigenvalue weighted by Crippen LogP contribution is 2.30. The Morgan fingerprint density at radius 1 is 1.38 bits per heavy atom. The van der Waals surface area contributed by atoms with Gasteiger partial charge in [0.25, 0.3) is 0 Å². The van der Waals surface area contributed by atoms with Crippen molar-refractivity contribution >= 4 is 27.5 Å². The lowest BCUT2D eigenvalue weighted by atomic mass is 9.93. The second-order valence-corrected chi connectivity index (χ2v) is 6.65. The molecule has 1 aromatic rings. The first-order chi connectivity index (χ1) is 9.84. The van der Waals surface area contributed by atoms with Gasteiger partial charge in [-0.05, 0) is 23.8 Å². The molecule has 1 amide bonds. The van der Waals surface area contributed by atoms with Crippen molar-refractivity contribution in [2.24, 2.45) is 5.41 Å². The molecule has 1 aliphatic heterocycles. The topological polar surface area (TPSA) is 20.3 Å². The lowest BCUT2D eigenvalue weighted by Crippen LogP contribution is -2.39. The molecule has 1 aromatic carbocycles. The molecule has 1 aliphatic rings. The second kappa shape index (κ2) is 6.14. The highest BCUT2D eigenvalue weighted by molar-refractivity contribution is 9.08. The highest BCUT2D eigenvalue weighted by Gasteiger charge is 2.30. The van der Waals surface area contributed by atoms with Gasteiger partial charge in [0, 0.05) is 22.9 Å². The van der Waals surface area contributed by atoms with Crippen molar-refractivity contribution in [3.63, 3.8) is 0 Å². The van der Waals surface area contributed by atoms with Crippen molar-refractivity contribution in [3.05, 3.63) is 53.4 Å². The Labute approximate surface area is 133 Å². The van der Waals surface area contributed by atoms with Crippen molar-refractivity contribution in [3.8, 4) is 0 Å². The molecule has 0 fully saturated rings. The quantitative estimate of drug-likeness (QED) is 0.718. The van der Waals surface area contributed by atoms with Crippen molar-refractivity contribution in [1.29, 1.82) is 0 Å². The molecule has 0 aromatic heterocycles. The highest BCUT2D eigenvalue weighted by atomic mass is 79.9. The van der Waals surface area contributed by atoms with E-state index in [0.717, 1.165) is 5.56 Å². The Kier molecular flexibility index (Phi) is 4.67. The lowest BCUT2D eigenvalue weighted by Gasteiger charge is -2.32. The van der Waals surface area contributed by atoms with E-state index in [1.165, 1.54) is 6.07 Å². The number of benzene rings is 1. The molecule has 0 bridgehead atoms. The molecule has 0 spiro atoms. The zero-order chi connectivity index (χ0) is 15.6. The van der Waals surface area contributed by atoms with Crippen molar-refractivity contribution in [2.75, 3.05) is 6.54 Å². The molecule has 0 atom stereocenters. The lowest BCUT2D eigenvalue weighted by molar-refractivity contribution is -0.135. The van der Waals surface area contributed by atoms with Crippen LogP contribution >= 0.6 is 15.9 Å². The number of hydrogen-bond acceptors (Lipinski definition) is 1. The van der Waals surface area contributed by atoms with Gasteiger partial charge in [-0.1, -0.05) is 54.9 Å². The molecular weight excluding hydrogens is 333 g/mol. The fraction of sp³-hybridized carbons (Fsp3) is 0.353. The van der Waals surface area contributed by atoms with Crippen LogP contribution in [0.15, 0.2) is 36.4 Å². The van der Waals surface area contributed by atoms with Crippen LogP contribution < -0.4 is 0 Å². The number of hydrogen-bond donors (Lipinski definition) is 0. The molecule has 0 saturated carbocycles. The van der Waals surface area contributed by atoms with Crippen LogP contribution in [0.3, 0.4) is 0 Å². The van der Waals surface area contributed by atoms with E-state index in [1.54, 1.807) is 17.0 Å². The fourth-order valence-electron chi connectivity index (χ4n) is 2.20. The molecule has 2 rings (SSSR count). The maximum absolute atomic E-state index is 14.3. The molecular formula is C17H19BrFNO. The molecule has 0 radical (unpaired) electrons. The Morgan fingerprint density at radius 3 is 2.67 bits per heavy atom. The van der Waals surface area contributed by atoms with Gasteiger partial charge in [-0.2, -0.15) is 0 Å². The molecule has 4 heteroatoms. The Morgan fingerprint density at radius 2 is 2.10 bits per heavy atom. The first kappa shape index (κ1) is 16.0. The minimum absolute atomic E-state index is 0.0120. The maximum Gasteiger partial charge on any atom is 0.232 e. The van der Waals surface area contributed by atoms with Gasteiger partial charge in [0.1, 0.15) is 5.82 Å². The van der Waals surface area contributed by atoms with Crippen molar-refractivity contribution in [1.82, 2.24) is 4.90 Å². The molecule has 0 N–H and O–H groups in total. The van der Waals surface area contributed by atoms with E-state index in [1.807, 2.05) is 39.0 Å². The summed E-state index contributed by atoms with van der Waals surface area (Å²) < 4.78 is 14.3. The molecule has 0 unspecified atom stereocenters. The first-order valence-electron chi connectivity index (χ1n) is 6.88. The van der Waals surface area contributed by atoms with Gasteiger partial charge < -0.3 is 4.90 Å². The number of allylic oxidation sites excluding steroid dienone is 2. The van der Waals surface area contributed by atoms with Gasteiger partial charge in [-0.15, -0.1) is 0 Å². The monoisotopic (exact) mass is 351 g/mol. The van der Waals surface area contributed by atoms with Gasteiger partial charge in [0.05, 0.1) is 5.70 Å². The smallest absolute Gasteiger partial charge is 0.232 e. The van der Waals surface area contributed by atoms with E-state index in [2.05, 4.69) is 15.9 Å². The number of halogens is 2. The summed E-state index contributed by atoms with van der Waals surface area (Å²) in [5, 5.41) is 0.605. The maximum atomic E-state index is 14.3. The third-order valence-corrected chi connectivity index (χ3v) is 3.97. The van der Waals surface area contributed by atoms with Gasteiger partial charge >= 0.3 is 0 Å². The number of rotatable bonds is 2. The molecule has 0 aliphatic carbocycles. The number of carbonyl (C=O) groups excluding carboxylic acids is 1. The second-order valence-electron chi connectivity index (χ2n) is 6.09. The average Bonchev–Trinajstić information content (AvgIpc) is 2.45. The van der Waals surface area contributed by atoms with Crippen LogP contribution in [0.1, 0.15) is 31.9 Å². The Hall–Kier alpha value is -1.42. The van der Waals surface area contributed by atoms with Crippen molar-refractivity contribution < 1.29 is 9.18 Å². The SMILES string of the molecule is CC(C)(C)C(=O)N1CC=CC=C1c1ccc(CBr)cc1F. The van der Waals surface area contributed by atoms with E-state index in [4.69, 9.17) is 0 Å². The Balaban J connectivity index is 2.42. The van der Waals surface area contributed by atoms with E-state index in [-0.39, 0.29) is 11.7 Å². The van der Waals surface area contributed by atoms with Crippen LogP contribution in [0.5, 0.6) is 0 Å². The number of carbonyl (C=O) groups is 1. The fourth-order valence-corrected chi connectivity index (χ4v) is 2.54. The normalized spacial score (nSPS) is 15.1. The van der Waals surface area contributed by atoms with Gasteiger partial charge in [0.15, 0.2) is 0 Å². The number of alkyl halides is 1. The summed E-state index contributed by atoms with van der Waals surface area (Å²) in [7, 11) is 0. The minimum atomic E-state index is -0.503. The van der Waals surface area contributed by atoms with Gasteiger partial charge in [0.2, 0.25) is 5.91 Å². The zero-order valence-corrected chi connectivity index (χ0v) is 14.1. The van der Waals surface area contributed by atoms with Crippen molar-refractivity contribution in [2.45, 2.75) is 26.1 Å². The third-order valence-electron chi connectivity index (χ3n) is 3.32. The minimum Gasteiger partial charge on any atom is -0.307 e. The van der Waals surface area contributed by atoms with E-state index >= 15 is 0 Å². The van der Waals surface area contributed by atoms with Crippen LogP contribution in [-0.4, -0.2) is 17.4 Å². The first-order valence-corrected chi connectivity index (χ1v) is 8.00. The summed E-state index contributed by atoms with van der Waals surface area (Å²) in [4.78, 5) is 14.2. The predicted molar refractivity (Wildman–Crippen MR) is 87.3 cm³/mol. The Bertz CT molecular complexity index is 614. The van der Waals surface area contributed by atoms with E-state index < -0.39 is 5.41 Å². The van der Waals surface area contributed by atoms with Crippen LogP contribution in [-0.2, 0) is 10.1 Å². The van der Waals surface area contributed by atoms with Crippen LogP contribution in [0.4, 0.5) is 4.39 Å². The molecule has 1 heterocycles. The molecule has 2 nitrogen and oxygen atoms in total. The van der Waals surface area contributed by atoms with Crippen LogP contribution in [0.2, 0.25) is 0 Å².